The van der Waals surface area contributed by atoms with E-state index in [0.29, 0.717) is 34.2 Å². The second-order valence-corrected chi connectivity index (χ2v) is 13.1. The van der Waals surface area contributed by atoms with Crippen LogP contribution in [0.15, 0.2) is 41.8 Å². The molecule has 12 heteroatoms. The van der Waals surface area contributed by atoms with E-state index in [-0.39, 0.29) is 12.2 Å². The van der Waals surface area contributed by atoms with Gasteiger partial charge < -0.3 is 14.7 Å². The molecule has 9 nitrogen and oxygen atoms in total. The van der Waals surface area contributed by atoms with Gasteiger partial charge in [-0.15, -0.1) is 22.7 Å². The molecule has 0 bridgehead atoms. The monoisotopic (exact) mass is 565 g/mol. The number of sulfonamides is 1. The van der Waals surface area contributed by atoms with Gasteiger partial charge in [0.05, 0.1) is 13.7 Å². The lowest BCUT2D eigenvalue weighted by Crippen LogP contribution is -2.35. The summed E-state index contributed by atoms with van der Waals surface area (Å²) < 4.78 is 30.5. The molecule has 0 saturated heterocycles. The van der Waals surface area contributed by atoms with E-state index < -0.39 is 33.6 Å². The number of ether oxygens (including phenoxy) is 1. The molecular weight excluding hydrogens is 534 g/mol. The van der Waals surface area contributed by atoms with Crippen LogP contribution in [0.2, 0.25) is 0 Å². The Hall–Kier alpha value is -2.64. The van der Waals surface area contributed by atoms with Crippen molar-refractivity contribution in [1.29, 1.82) is 0 Å². The summed E-state index contributed by atoms with van der Waals surface area (Å²) in [6.45, 7) is 2.17. The molecule has 0 spiro atoms. The summed E-state index contributed by atoms with van der Waals surface area (Å²) in [4.78, 5) is 33.7. The van der Waals surface area contributed by atoms with Crippen LogP contribution in [-0.2, 0) is 27.8 Å². The van der Waals surface area contributed by atoms with Gasteiger partial charge in [-0.3, -0.25) is 9.59 Å². The Labute approximate surface area is 225 Å². The molecule has 0 unspecified atom stereocenters. The molecule has 2 aromatic heterocycles. The number of aryl methyl sites for hydroxylation is 2. The Morgan fingerprint density at radius 1 is 1.16 bits per heavy atom. The second kappa shape index (κ2) is 12.7. The van der Waals surface area contributed by atoms with Crippen molar-refractivity contribution in [3.63, 3.8) is 0 Å². The molecule has 3 rings (SSSR count). The molecule has 2 heterocycles. The number of ketones is 1. The van der Waals surface area contributed by atoms with Crippen molar-refractivity contribution >= 4 is 44.4 Å². The van der Waals surface area contributed by atoms with E-state index in [1.54, 1.807) is 42.5 Å². The number of carbonyl (C=O) groups is 2. The minimum atomic E-state index is -3.73. The number of thiophene rings is 1. The standard InChI is InChI=1S/C25H31N3O6S3/c1-17-23(21(29)16-37(32,33)27(2)3)26-22(36-17)15-28(13-5-7-20-8-6-14-35-20)25(31)24(30)18-9-11-19(34-4)12-10-18/h6,8-12,14,24,30H,5,7,13,15-16H2,1-4H3/t24-/m1/s1. The Morgan fingerprint density at radius 2 is 1.86 bits per heavy atom. The summed E-state index contributed by atoms with van der Waals surface area (Å²) in [5.74, 6) is -1.14. The Morgan fingerprint density at radius 3 is 2.46 bits per heavy atom. The lowest BCUT2D eigenvalue weighted by molar-refractivity contribution is -0.141. The molecule has 0 aliphatic carbocycles. The number of methoxy groups -OCH3 is 1. The number of Topliss-reactive ketones (excluding diaryl/α,β-unsaturated/α-hetero) is 1. The van der Waals surface area contributed by atoms with Crippen molar-refractivity contribution in [3.8, 4) is 5.75 Å². The molecule has 0 fully saturated rings. The average Bonchev–Trinajstić information content (AvgIpc) is 3.51. The van der Waals surface area contributed by atoms with Crippen LogP contribution >= 0.6 is 22.7 Å². The van der Waals surface area contributed by atoms with Crippen molar-refractivity contribution < 1.29 is 27.9 Å². The first-order valence-corrected chi connectivity index (χ1v) is 14.8. The van der Waals surface area contributed by atoms with Crippen LogP contribution in [0.25, 0.3) is 0 Å². The molecular formula is C25H31N3O6S3. The van der Waals surface area contributed by atoms with Gasteiger partial charge in [0.15, 0.2) is 11.9 Å². The maximum atomic E-state index is 13.4. The van der Waals surface area contributed by atoms with E-state index in [4.69, 9.17) is 4.74 Å². The van der Waals surface area contributed by atoms with Crippen LogP contribution in [0, 0.1) is 6.92 Å². The first-order valence-electron chi connectivity index (χ1n) is 11.5. The number of carbonyl (C=O) groups excluding carboxylic acids is 2. The van der Waals surface area contributed by atoms with E-state index in [0.717, 1.165) is 10.7 Å². The highest BCUT2D eigenvalue weighted by Crippen LogP contribution is 2.24. The van der Waals surface area contributed by atoms with Crippen LogP contribution in [0.3, 0.4) is 0 Å². The lowest BCUT2D eigenvalue weighted by atomic mass is 10.1. The molecule has 0 aliphatic heterocycles. The minimum absolute atomic E-state index is 0.0899. The quantitative estimate of drug-likeness (QED) is 0.316. The number of nitrogens with zero attached hydrogens (tertiary/aromatic N) is 3. The van der Waals surface area contributed by atoms with Gasteiger partial charge in [0.2, 0.25) is 10.0 Å². The fraction of sp³-hybridized carbons (Fsp3) is 0.400. The topological polar surface area (TPSA) is 117 Å². The van der Waals surface area contributed by atoms with Gasteiger partial charge in [0.25, 0.3) is 5.91 Å². The normalized spacial score (nSPS) is 12.5. The van der Waals surface area contributed by atoms with Gasteiger partial charge in [-0.25, -0.2) is 17.7 Å². The second-order valence-electron chi connectivity index (χ2n) is 8.59. The smallest absolute Gasteiger partial charge is 0.256 e. The Bertz CT molecular complexity index is 1300. The number of aliphatic hydroxyl groups excluding tert-OH is 1. The van der Waals surface area contributed by atoms with E-state index in [1.807, 2.05) is 17.5 Å². The highest BCUT2D eigenvalue weighted by molar-refractivity contribution is 7.89. The third-order valence-corrected chi connectivity index (χ3v) is 9.34. The summed E-state index contributed by atoms with van der Waals surface area (Å²) in [6, 6.07) is 10.6. The van der Waals surface area contributed by atoms with Crippen LogP contribution in [0.5, 0.6) is 5.75 Å². The first-order chi connectivity index (χ1) is 17.5. The van der Waals surface area contributed by atoms with E-state index in [1.165, 1.54) is 42.3 Å². The maximum absolute atomic E-state index is 13.4. The van der Waals surface area contributed by atoms with E-state index in [2.05, 4.69) is 4.98 Å². The summed E-state index contributed by atoms with van der Waals surface area (Å²) >= 11 is 2.88. The zero-order valence-corrected chi connectivity index (χ0v) is 23.7. The van der Waals surface area contributed by atoms with E-state index >= 15 is 0 Å². The highest BCUT2D eigenvalue weighted by Gasteiger charge is 2.27. The van der Waals surface area contributed by atoms with Crippen molar-refractivity contribution in [2.24, 2.45) is 0 Å². The third kappa shape index (κ3) is 7.68. The Balaban J connectivity index is 1.79. The fourth-order valence-electron chi connectivity index (χ4n) is 3.57. The van der Waals surface area contributed by atoms with Crippen LogP contribution in [-0.4, -0.2) is 72.9 Å². The third-order valence-electron chi connectivity index (χ3n) is 5.71. The van der Waals surface area contributed by atoms with Gasteiger partial charge in [-0.05, 0) is 48.9 Å². The molecule has 1 amide bonds. The van der Waals surface area contributed by atoms with Crippen molar-refractivity contribution in [3.05, 3.63) is 67.8 Å². The average molecular weight is 566 g/mol. The molecule has 1 atom stereocenters. The molecule has 200 valence electrons. The van der Waals surface area contributed by atoms with E-state index in [9.17, 15) is 23.1 Å². The van der Waals surface area contributed by atoms with Gasteiger partial charge in [-0.1, -0.05) is 18.2 Å². The molecule has 0 radical (unpaired) electrons. The summed E-state index contributed by atoms with van der Waals surface area (Å²) in [5, 5.41) is 13.3. The van der Waals surface area contributed by atoms with Crippen LogP contribution < -0.4 is 4.74 Å². The summed E-state index contributed by atoms with van der Waals surface area (Å²) in [5.41, 5.74) is 0.529. The van der Waals surface area contributed by atoms with Gasteiger partial charge in [0.1, 0.15) is 22.2 Å². The molecule has 1 N–H and O–H groups in total. The predicted octanol–water partition coefficient (Wildman–Crippen LogP) is 3.29. The van der Waals surface area contributed by atoms with Gasteiger partial charge in [-0.2, -0.15) is 0 Å². The molecule has 0 aliphatic rings. The predicted molar refractivity (Wildman–Crippen MR) is 145 cm³/mol. The van der Waals surface area contributed by atoms with Crippen molar-refractivity contribution in [2.75, 3.05) is 33.5 Å². The zero-order chi connectivity index (χ0) is 27.2. The molecule has 0 saturated carbocycles. The van der Waals surface area contributed by atoms with Gasteiger partial charge >= 0.3 is 0 Å². The van der Waals surface area contributed by atoms with Crippen LogP contribution in [0.1, 0.15) is 43.3 Å². The number of hydrogen-bond donors (Lipinski definition) is 1. The van der Waals surface area contributed by atoms with Crippen molar-refractivity contribution in [2.45, 2.75) is 32.4 Å². The van der Waals surface area contributed by atoms with Crippen molar-refractivity contribution in [1.82, 2.24) is 14.2 Å². The minimum Gasteiger partial charge on any atom is -0.497 e. The number of rotatable bonds is 13. The first kappa shape index (κ1) is 28.9. The molecule has 37 heavy (non-hydrogen) atoms. The molecule has 1 aromatic carbocycles. The largest absolute Gasteiger partial charge is 0.497 e. The fourth-order valence-corrected chi connectivity index (χ4v) is 6.02. The SMILES string of the molecule is COc1ccc([C@@H](O)C(=O)N(CCCc2cccs2)Cc2nc(C(=O)CS(=O)(=O)N(C)C)c(C)s2)cc1. The summed E-state index contributed by atoms with van der Waals surface area (Å²) in [6.07, 6.45) is 0.0853. The number of thiazole rings is 1. The lowest BCUT2D eigenvalue weighted by Gasteiger charge is -2.24. The van der Waals surface area contributed by atoms with Gasteiger partial charge in [0, 0.05) is 30.4 Å². The number of aliphatic hydroxyl groups is 1. The summed E-state index contributed by atoms with van der Waals surface area (Å²) in [7, 11) is 0.553. The molecule has 3 aromatic rings. The highest BCUT2D eigenvalue weighted by atomic mass is 32.2. The number of hydrogen-bond acceptors (Lipinski definition) is 9. The number of benzene rings is 1. The number of aromatic nitrogens is 1. The Kier molecular flexibility index (Phi) is 9.96. The van der Waals surface area contributed by atoms with Crippen LogP contribution in [0.4, 0.5) is 0 Å². The number of amides is 1. The maximum Gasteiger partial charge on any atom is 0.256 e. The zero-order valence-electron chi connectivity index (χ0n) is 21.2.